The normalized spacial score (nSPS) is 29.0. The summed E-state index contributed by atoms with van der Waals surface area (Å²) in [6, 6.07) is 7.53. The Hall–Kier alpha value is -1.97. The second kappa shape index (κ2) is 7.73. The molecule has 1 aliphatic rings. The van der Waals surface area contributed by atoms with Gasteiger partial charge in [-0.3, -0.25) is 4.79 Å². The first kappa shape index (κ1) is 18.8. The Morgan fingerprint density at radius 3 is 2.62 bits per heavy atom. The lowest BCUT2D eigenvalue weighted by atomic mass is 9.98. The summed E-state index contributed by atoms with van der Waals surface area (Å²) in [6.45, 7) is 1.45. The molecule has 8 nitrogen and oxygen atoms in total. The number of hydrogen-bond donors (Lipinski definition) is 5. The van der Waals surface area contributed by atoms with Crippen molar-refractivity contribution in [3.05, 3.63) is 36.0 Å². The Balaban J connectivity index is 1.95. The molecular weight excluding hydrogens is 340 g/mol. The molecule has 0 spiro atoms. The molecule has 2 aromatic rings. The summed E-state index contributed by atoms with van der Waals surface area (Å²) in [5.41, 5.74) is 1.74. The highest BCUT2D eigenvalue weighted by molar-refractivity contribution is 5.84. The number of carbonyl (C=O) groups is 1. The Bertz CT molecular complexity index is 774. The van der Waals surface area contributed by atoms with Crippen molar-refractivity contribution in [2.45, 2.75) is 44.0 Å². The number of hydrogen-bond acceptors (Lipinski definition) is 6. The molecule has 1 aliphatic heterocycles. The van der Waals surface area contributed by atoms with Crippen LogP contribution in [0.25, 0.3) is 10.9 Å². The third kappa shape index (κ3) is 3.46. The number of rotatable bonds is 5. The Kier molecular flexibility index (Phi) is 5.59. The first-order valence-corrected chi connectivity index (χ1v) is 8.57. The van der Waals surface area contributed by atoms with Gasteiger partial charge in [-0.2, -0.15) is 0 Å². The minimum Gasteiger partial charge on any atom is -0.394 e. The fourth-order valence-electron chi connectivity index (χ4n) is 3.37. The molecule has 1 amide bonds. The van der Waals surface area contributed by atoms with Crippen LogP contribution in [-0.4, -0.2) is 68.5 Å². The van der Waals surface area contributed by atoms with Gasteiger partial charge in [0.05, 0.1) is 12.1 Å². The molecule has 0 saturated carbocycles. The largest absolute Gasteiger partial charge is 0.394 e. The van der Waals surface area contributed by atoms with Gasteiger partial charge in [0.1, 0.15) is 24.4 Å². The fraction of sp³-hybridized carbons (Fsp3) is 0.500. The molecule has 5 N–H and O–H groups in total. The van der Waals surface area contributed by atoms with Crippen molar-refractivity contribution >= 4 is 16.8 Å². The number of ether oxygens (including phenoxy) is 1. The molecule has 0 radical (unpaired) electrons. The van der Waals surface area contributed by atoms with Crippen molar-refractivity contribution in [2.24, 2.45) is 0 Å². The van der Waals surface area contributed by atoms with Gasteiger partial charge in [-0.25, -0.2) is 0 Å². The summed E-state index contributed by atoms with van der Waals surface area (Å²) in [5.74, 6) is -0.109. The van der Waals surface area contributed by atoms with Crippen LogP contribution in [-0.2, 0) is 16.0 Å². The van der Waals surface area contributed by atoms with E-state index < -0.39 is 37.3 Å². The number of para-hydroxylation sites is 1. The first-order valence-electron chi connectivity index (χ1n) is 8.57. The zero-order valence-corrected chi connectivity index (χ0v) is 14.4. The summed E-state index contributed by atoms with van der Waals surface area (Å²) in [7, 11) is 0. The number of benzene rings is 1. The highest BCUT2D eigenvalue weighted by atomic mass is 16.6. The highest BCUT2D eigenvalue weighted by Crippen LogP contribution is 2.33. The van der Waals surface area contributed by atoms with E-state index >= 15 is 0 Å². The number of fused-ring (bicyclic) bond motifs is 1. The Morgan fingerprint density at radius 2 is 1.92 bits per heavy atom. The molecule has 5 atom stereocenters. The van der Waals surface area contributed by atoms with E-state index in [0.717, 1.165) is 16.5 Å². The van der Waals surface area contributed by atoms with Gasteiger partial charge >= 0.3 is 0 Å². The zero-order chi connectivity index (χ0) is 18.8. The molecule has 0 bridgehead atoms. The SMILES string of the molecule is CC(=O)NCCc1cn([C@@H]2O[C@H](CO)[C@@H](O)[C@H](O)[C@H]2O)c2ccccc12. The van der Waals surface area contributed by atoms with Gasteiger partial charge in [0, 0.05) is 25.1 Å². The molecule has 0 aliphatic carbocycles. The quantitative estimate of drug-likeness (QED) is 0.478. The molecule has 3 rings (SSSR count). The van der Waals surface area contributed by atoms with Crippen LogP contribution in [0.1, 0.15) is 18.7 Å². The Labute approximate surface area is 150 Å². The summed E-state index contributed by atoms with van der Waals surface area (Å²) in [6.07, 6.45) is -3.72. The van der Waals surface area contributed by atoms with Gasteiger partial charge in [0.25, 0.3) is 0 Å². The van der Waals surface area contributed by atoms with Crippen LogP contribution in [0.3, 0.4) is 0 Å². The van der Waals surface area contributed by atoms with Crippen molar-refractivity contribution in [2.75, 3.05) is 13.2 Å². The second-order valence-corrected chi connectivity index (χ2v) is 6.53. The van der Waals surface area contributed by atoms with Crippen LogP contribution in [0.5, 0.6) is 0 Å². The van der Waals surface area contributed by atoms with E-state index in [1.54, 1.807) is 10.8 Å². The van der Waals surface area contributed by atoms with E-state index in [9.17, 15) is 25.2 Å². The van der Waals surface area contributed by atoms with Gasteiger partial charge < -0.3 is 35.0 Å². The predicted octanol–water partition coefficient (Wildman–Crippen LogP) is -0.708. The third-order valence-corrected chi connectivity index (χ3v) is 4.73. The van der Waals surface area contributed by atoms with Crippen molar-refractivity contribution in [3.8, 4) is 0 Å². The number of nitrogens with zero attached hydrogens (tertiary/aromatic N) is 1. The van der Waals surface area contributed by atoms with Crippen LogP contribution >= 0.6 is 0 Å². The standard InChI is InChI=1S/C18H24N2O6/c1-10(22)19-7-6-11-8-20(13-5-3-2-4-12(11)13)18-17(25)16(24)15(23)14(9-21)26-18/h2-5,8,14-18,21,23-25H,6-7,9H2,1H3,(H,19,22)/t14-,15-,16+,17-,18-/m1/s1. The summed E-state index contributed by atoms with van der Waals surface area (Å²) in [4.78, 5) is 11.1. The van der Waals surface area contributed by atoms with Gasteiger partial charge in [-0.15, -0.1) is 0 Å². The minimum absolute atomic E-state index is 0.109. The van der Waals surface area contributed by atoms with E-state index in [0.29, 0.717) is 13.0 Å². The molecular formula is C18H24N2O6. The third-order valence-electron chi connectivity index (χ3n) is 4.73. The van der Waals surface area contributed by atoms with Gasteiger partial charge in [-0.05, 0) is 18.1 Å². The van der Waals surface area contributed by atoms with Crippen molar-refractivity contribution < 1.29 is 30.0 Å². The topological polar surface area (TPSA) is 124 Å². The van der Waals surface area contributed by atoms with Gasteiger partial charge in [0.2, 0.25) is 5.91 Å². The average molecular weight is 364 g/mol. The number of aliphatic hydroxyl groups is 4. The van der Waals surface area contributed by atoms with E-state index in [4.69, 9.17) is 4.74 Å². The highest BCUT2D eigenvalue weighted by Gasteiger charge is 2.44. The molecule has 1 aromatic carbocycles. The summed E-state index contributed by atoms with van der Waals surface area (Å²) < 4.78 is 7.36. The fourth-order valence-corrected chi connectivity index (χ4v) is 3.37. The number of amides is 1. The molecule has 142 valence electrons. The lowest BCUT2D eigenvalue weighted by molar-refractivity contribution is -0.250. The van der Waals surface area contributed by atoms with Crippen LogP contribution in [0.15, 0.2) is 30.5 Å². The predicted molar refractivity (Wildman–Crippen MR) is 93.3 cm³/mol. The number of aromatic nitrogens is 1. The summed E-state index contributed by atoms with van der Waals surface area (Å²) in [5, 5.41) is 43.5. The lowest BCUT2D eigenvalue weighted by Gasteiger charge is -2.40. The monoisotopic (exact) mass is 364 g/mol. The zero-order valence-electron chi connectivity index (χ0n) is 14.4. The van der Waals surface area contributed by atoms with Crippen molar-refractivity contribution in [1.29, 1.82) is 0 Å². The van der Waals surface area contributed by atoms with E-state index in [-0.39, 0.29) is 5.91 Å². The molecule has 2 heterocycles. The van der Waals surface area contributed by atoms with Crippen LogP contribution < -0.4 is 5.32 Å². The van der Waals surface area contributed by atoms with E-state index in [2.05, 4.69) is 5.32 Å². The summed E-state index contributed by atoms with van der Waals surface area (Å²) >= 11 is 0. The number of aliphatic hydroxyl groups excluding tert-OH is 4. The molecule has 0 unspecified atom stereocenters. The maximum Gasteiger partial charge on any atom is 0.216 e. The smallest absolute Gasteiger partial charge is 0.216 e. The van der Waals surface area contributed by atoms with Crippen LogP contribution in [0.2, 0.25) is 0 Å². The van der Waals surface area contributed by atoms with E-state index in [1.807, 2.05) is 24.3 Å². The maximum atomic E-state index is 11.1. The Morgan fingerprint density at radius 1 is 1.19 bits per heavy atom. The van der Waals surface area contributed by atoms with Crippen molar-refractivity contribution in [3.63, 3.8) is 0 Å². The first-order chi connectivity index (χ1) is 12.4. The number of nitrogens with one attached hydrogen (secondary N) is 1. The van der Waals surface area contributed by atoms with Gasteiger partial charge in [0.15, 0.2) is 6.23 Å². The molecule has 26 heavy (non-hydrogen) atoms. The average Bonchev–Trinajstić information content (AvgIpc) is 2.99. The minimum atomic E-state index is -1.44. The van der Waals surface area contributed by atoms with Crippen LogP contribution in [0, 0.1) is 0 Å². The lowest BCUT2D eigenvalue weighted by Crippen LogP contribution is -2.56. The maximum absolute atomic E-state index is 11.1. The molecule has 8 heteroatoms. The molecule has 1 fully saturated rings. The van der Waals surface area contributed by atoms with Crippen LogP contribution in [0.4, 0.5) is 0 Å². The molecule has 1 saturated heterocycles. The number of carbonyl (C=O) groups excluding carboxylic acids is 1. The second-order valence-electron chi connectivity index (χ2n) is 6.53. The van der Waals surface area contributed by atoms with E-state index in [1.165, 1.54) is 6.92 Å². The van der Waals surface area contributed by atoms with Crippen molar-refractivity contribution in [1.82, 2.24) is 9.88 Å². The van der Waals surface area contributed by atoms with Gasteiger partial charge in [-0.1, -0.05) is 18.2 Å². The molecule has 1 aromatic heterocycles.